The number of ether oxygens (including phenoxy) is 2. The number of hydrogen-bond donors (Lipinski definition) is 1. The van der Waals surface area contributed by atoms with Gasteiger partial charge in [0.05, 0.1) is 20.1 Å². The summed E-state index contributed by atoms with van der Waals surface area (Å²) in [6.45, 7) is 0.655. The van der Waals surface area contributed by atoms with Gasteiger partial charge in [-0.1, -0.05) is 66.7 Å². The SMILES string of the molecule is COc1ccc2c(c1OCCc1ccccc1)CC(C(=O)O)N(C(=O)Cc1ccccc1)C2. The van der Waals surface area contributed by atoms with Gasteiger partial charge in [0.15, 0.2) is 11.5 Å². The molecule has 0 saturated heterocycles. The number of methoxy groups -OCH3 is 1. The molecule has 170 valence electrons. The van der Waals surface area contributed by atoms with E-state index in [9.17, 15) is 14.7 Å². The molecule has 33 heavy (non-hydrogen) atoms. The van der Waals surface area contributed by atoms with Crippen LogP contribution in [0.3, 0.4) is 0 Å². The lowest BCUT2D eigenvalue weighted by Crippen LogP contribution is -2.49. The molecule has 0 spiro atoms. The Balaban J connectivity index is 1.57. The summed E-state index contributed by atoms with van der Waals surface area (Å²) in [6, 6.07) is 22.1. The van der Waals surface area contributed by atoms with E-state index in [1.54, 1.807) is 7.11 Å². The first-order chi connectivity index (χ1) is 16.1. The average molecular weight is 446 g/mol. The summed E-state index contributed by atoms with van der Waals surface area (Å²) in [5.41, 5.74) is 3.68. The van der Waals surface area contributed by atoms with Crippen LogP contribution < -0.4 is 9.47 Å². The maximum atomic E-state index is 13.0. The Hall–Kier alpha value is -3.80. The van der Waals surface area contributed by atoms with Crippen LogP contribution in [-0.2, 0) is 35.4 Å². The zero-order chi connectivity index (χ0) is 23.2. The molecule has 6 heteroatoms. The molecule has 0 saturated carbocycles. The maximum Gasteiger partial charge on any atom is 0.326 e. The first kappa shape index (κ1) is 22.4. The van der Waals surface area contributed by atoms with Crippen molar-refractivity contribution in [1.29, 1.82) is 0 Å². The maximum absolute atomic E-state index is 13.0. The molecule has 1 amide bonds. The molecule has 1 N–H and O–H groups in total. The van der Waals surface area contributed by atoms with Crippen molar-refractivity contribution in [3.8, 4) is 11.5 Å². The minimum atomic E-state index is -1.03. The van der Waals surface area contributed by atoms with E-state index in [2.05, 4.69) is 0 Å². The molecule has 0 radical (unpaired) electrons. The van der Waals surface area contributed by atoms with Crippen molar-refractivity contribution in [2.45, 2.75) is 31.8 Å². The van der Waals surface area contributed by atoms with E-state index in [1.165, 1.54) is 4.90 Å². The van der Waals surface area contributed by atoms with Crippen LogP contribution in [0.1, 0.15) is 22.3 Å². The highest BCUT2D eigenvalue weighted by molar-refractivity contribution is 5.86. The van der Waals surface area contributed by atoms with Gasteiger partial charge in [-0.3, -0.25) is 4.79 Å². The minimum absolute atomic E-state index is 0.163. The second kappa shape index (κ2) is 10.2. The van der Waals surface area contributed by atoms with E-state index >= 15 is 0 Å². The third kappa shape index (κ3) is 5.17. The van der Waals surface area contributed by atoms with Gasteiger partial charge in [0.25, 0.3) is 0 Å². The lowest BCUT2D eigenvalue weighted by atomic mass is 9.92. The number of benzene rings is 3. The van der Waals surface area contributed by atoms with Crippen LogP contribution in [0.4, 0.5) is 0 Å². The van der Waals surface area contributed by atoms with Crippen molar-refractivity contribution in [2.75, 3.05) is 13.7 Å². The number of hydrogen-bond acceptors (Lipinski definition) is 4. The van der Waals surface area contributed by atoms with Gasteiger partial charge < -0.3 is 19.5 Å². The van der Waals surface area contributed by atoms with E-state index in [1.807, 2.05) is 72.8 Å². The van der Waals surface area contributed by atoms with Gasteiger partial charge in [-0.05, 0) is 22.8 Å². The first-order valence-electron chi connectivity index (χ1n) is 11.0. The molecule has 3 aromatic rings. The van der Waals surface area contributed by atoms with Crippen molar-refractivity contribution < 1.29 is 24.2 Å². The van der Waals surface area contributed by atoms with Gasteiger partial charge in [-0.25, -0.2) is 4.79 Å². The van der Waals surface area contributed by atoms with E-state index in [-0.39, 0.29) is 25.3 Å². The molecular formula is C27H27NO5. The summed E-state index contributed by atoms with van der Waals surface area (Å²) in [4.78, 5) is 26.6. The molecule has 0 aromatic heterocycles. The van der Waals surface area contributed by atoms with Gasteiger partial charge in [0, 0.05) is 24.9 Å². The highest BCUT2D eigenvalue weighted by atomic mass is 16.5. The number of rotatable bonds is 8. The van der Waals surface area contributed by atoms with Gasteiger partial charge >= 0.3 is 5.97 Å². The first-order valence-corrected chi connectivity index (χ1v) is 11.0. The van der Waals surface area contributed by atoms with Crippen molar-refractivity contribution in [1.82, 2.24) is 4.90 Å². The zero-order valence-electron chi connectivity index (χ0n) is 18.6. The van der Waals surface area contributed by atoms with Crippen molar-refractivity contribution in [2.24, 2.45) is 0 Å². The monoisotopic (exact) mass is 445 g/mol. The summed E-state index contributed by atoms with van der Waals surface area (Å²) in [6.07, 6.45) is 1.05. The molecule has 4 rings (SSSR count). The molecular weight excluding hydrogens is 418 g/mol. The topological polar surface area (TPSA) is 76.1 Å². The number of carboxylic acid groups (broad SMARTS) is 1. The van der Waals surface area contributed by atoms with Crippen LogP contribution in [0.5, 0.6) is 11.5 Å². The third-order valence-corrected chi connectivity index (χ3v) is 5.94. The Labute approximate surface area is 193 Å². The fourth-order valence-electron chi connectivity index (χ4n) is 4.21. The van der Waals surface area contributed by atoms with Crippen molar-refractivity contribution in [3.05, 3.63) is 95.1 Å². The highest BCUT2D eigenvalue weighted by Gasteiger charge is 2.36. The van der Waals surface area contributed by atoms with E-state index in [0.29, 0.717) is 18.1 Å². The summed E-state index contributed by atoms with van der Waals surface area (Å²) in [5.74, 6) is -0.107. The number of amides is 1. The third-order valence-electron chi connectivity index (χ3n) is 5.94. The average Bonchev–Trinajstić information content (AvgIpc) is 2.84. The van der Waals surface area contributed by atoms with E-state index in [4.69, 9.17) is 9.47 Å². The fraction of sp³-hybridized carbons (Fsp3) is 0.259. The molecule has 1 aliphatic rings. The van der Waals surface area contributed by atoms with E-state index < -0.39 is 12.0 Å². The number of carbonyl (C=O) groups excluding carboxylic acids is 1. The Bertz CT molecular complexity index is 1110. The smallest absolute Gasteiger partial charge is 0.326 e. The lowest BCUT2D eigenvalue weighted by molar-refractivity contribution is -0.151. The molecule has 1 heterocycles. The van der Waals surface area contributed by atoms with Crippen LogP contribution >= 0.6 is 0 Å². The van der Waals surface area contributed by atoms with Gasteiger partial charge in [0.1, 0.15) is 6.04 Å². The largest absolute Gasteiger partial charge is 0.493 e. The number of carboxylic acids is 1. The van der Waals surface area contributed by atoms with Crippen molar-refractivity contribution >= 4 is 11.9 Å². The normalized spacial score (nSPS) is 14.9. The standard InChI is InChI=1S/C27H27NO5/c1-32-24-13-12-21-18-28(25(29)16-20-10-6-3-7-11-20)23(27(30)31)17-22(21)26(24)33-15-14-19-8-4-2-5-9-19/h2-13,23H,14-18H2,1H3,(H,30,31). The van der Waals surface area contributed by atoms with Gasteiger partial charge in [0.2, 0.25) is 5.91 Å². The van der Waals surface area contributed by atoms with Crippen LogP contribution in [0.2, 0.25) is 0 Å². The Morgan fingerprint density at radius 2 is 1.64 bits per heavy atom. The number of carbonyl (C=O) groups is 2. The Morgan fingerprint density at radius 3 is 2.27 bits per heavy atom. The Kier molecular flexibility index (Phi) is 6.93. The van der Waals surface area contributed by atoms with Crippen LogP contribution in [0, 0.1) is 0 Å². The second-order valence-corrected chi connectivity index (χ2v) is 8.06. The fourth-order valence-corrected chi connectivity index (χ4v) is 4.21. The molecule has 6 nitrogen and oxygen atoms in total. The summed E-state index contributed by atoms with van der Waals surface area (Å²) in [5, 5.41) is 9.93. The second-order valence-electron chi connectivity index (χ2n) is 8.06. The molecule has 1 unspecified atom stereocenters. The quantitative estimate of drug-likeness (QED) is 0.569. The van der Waals surface area contributed by atoms with Crippen LogP contribution in [-0.4, -0.2) is 41.6 Å². The number of nitrogens with zero attached hydrogens (tertiary/aromatic N) is 1. The predicted octanol–water partition coefficient (Wildman–Crippen LogP) is 3.90. The zero-order valence-corrected chi connectivity index (χ0v) is 18.6. The summed E-state index contributed by atoms with van der Waals surface area (Å²) in [7, 11) is 1.57. The lowest BCUT2D eigenvalue weighted by Gasteiger charge is -2.35. The number of fused-ring (bicyclic) bond motifs is 1. The highest BCUT2D eigenvalue weighted by Crippen LogP contribution is 2.38. The predicted molar refractivity (Wildman–Crippen MR) is 124 cm³/mol. The molecule has 1 atom stereocenters. The molecule has 0 bridgehead atoms. The van der Waals surface area contributed by atoms with Crippen LogP contribution in [0.25, 0.3) is 0 Å². The molecule has 0 fully saturated rings. The summed E-state index contributed by atoms with van der Waals surface area (Å²) >= 11 is 0. The van der Waals surface area contributed by atoms with Crippen LogP contribution in [0.15, 0.2) is 72.8 Å². The molecule has 1 aliphatic heterocycles. The minimum Gasteiger partial charge on any atom is -0.493 e. The Morgan fingerprint density at radius 1 is 0.970 bits per heavy atom. The van der Waals surface area contributed by atoms with Gasteiger partial charge in [-0.2, -0.15) is 0 Å². The molecule has 0 aliphatic carbocycles. The summed E-state index contributed by atoms with van der Waals surface area (Å²) < 4.78 is 11.6. The van der Waals surface area contributed by atoms with Gasteiger partial charge in [-0.15, -0.1) is 0 Å². The molecule has 3 aromatic carbocycles. The number of aliphatic carboxylic acids is 1. The van der Waals surface area contributed by atoms with E-state index in [0.717, 1.165) is 28.7 Å². The van der Waals surface area contributed by atoms with Crippen molar-refractivity contribution in [3.63, 3.8) is 0 Å².